The standard InChI is InChI=1S/C14H23N3O3/c1-19-7-5-17(6-8-20-2)14(18)11-3-4-12-13(9-11)16-10-15-12/h10-11H,3-9H2,1-2H3,(H,15,16)/t11-/m1/s1. The third-order valence-electron chi connectivity index (χ3n) is 3.78. The maximum absolute atomic E-state index is 12.6. The SMILES string of the molecule is COCCN(CCOC)C(=O)[C@@H]1CCc2nc[nH]c2C1. The summed E-state index contributed by atoms with van der Waals surface area (Å²) in [5.74, 6) is 0.232. The van der Waals surface area contributed by atoms with Crippen LogP contribution < -0.4 is 0 Å². The molecule has 0 fully saturated rings. The number of nitrogens with one attached hydrogen (secondary N) is 1. The number of ether oxygens (including phenoxy) is 2. The van der Waals surface area contributed by atoms with Crippen LogP contribution in [0, 0.1) is 5.92 Å². The number of hydrogen-bond donors (Lipinski definition) is 1. The van der Waals surface area contributed by atoms with E-state index in [0.717, 1.165) is 30.7 Å². The van der Waals surface area contributed by atoms with Crippen LogP contribution in [0.5, 0.6) is 0 Å². The van der Waals surface area contributed by atoms with E-state index in [1.807, 2.05) is 4.90 Å². The maximum atomic E-state index is 12.6. The van der Waals surface area contributed by atoms with Gasteiger partial charge in [-0.25, -0.2) is 4.98 Å². The summed E-state index contributed by atoms with van der Waals surface area (Å²) in [6, 6.07) is 0. The number of carbonyl (C=O) groups is 1. The topological polar surface area (TPSA) is 67.5 Å². The molecule has 0 aliphatic heterocycles. The van der Waals surface area contributed by atoms with E-state index in [1.54, 1.807) is 20.5 Å². The van der Waals surface area contributed by atoms with Crippen molar-refractivity contribution >= 4 is 5.91 Å². The van der Waals surface area contributed by atoms with Crippen LogP contribution in [0.15, 0.2) is 6.33 Å². The molecule has 2 rings (SSSR count). The van der Waals surface area contributed by atoms with Crippen LogP contribution >= 0.6 is 0 Å². The summed E-state index contributed by atoms with van der Waals surface area (Å²) in [6.45, 7) is 2.34. The molecule has 112 valence electrons. The van der Waals surface area contributed by atoms with Crippen LogP contribution in [-0.2, 0) is 27.1 Å². The molecule has 1 atom stereocenters. The highest BCUT2D eigenvalue weighted by atomic mass is 16.5. The van der Waals surface area contributed by atoms with Gasteiger partial charge in [-0.2, -0.15) is 0 Å². The molecule has 1 aromatic rings. The molecule has 0 bridgehead atoms. The Bertz CT molecular complexity index is 425. The van der Waals surface area contributed by atoms with Gasteiger partial charge in [0.05, 0.1) is 25.2 Å². The van der Waals surface area contributed by atoms with Crippen LogP contribution in [0.2, 0.25) is 0 Å². The van der Waals surface area contributed by atoms with E-state index in [1.165, 1.54) is 0 Å². The number of rotatable bonds is 7. The second-order valence-corrected chi connectivity index (χ2v) is 5.08. The fourth-order valence-corrected chi connectivity index (χ4v) is 2.61. The molecular formula is C14H23N3O3. The normalized spacial score (nSPS) is 17.8. The minimum absolute atomic E-state index is 0.0386. The molecule has 6 nitrogen and oxygen atoms in total. The van der Waals surface area contributed by atoms with E-state index in [-0.39, 0.29) is 11.8 Å². The van der Waals surface area contributed by atoms with Gasteiger partial charge in [0.2, 0.25) is 5.91 Å². The number of aromatic nitrogens is 2. The Balaban J connectivity index is 1.96. The lowest BCUT2D eigenvalue weighted by atomic mass is 9.88. The molecule has 0 aromatic carbocycles. The zero-order chi connectivity index (χ0) is 14.4. The highest BCUT2D eigenvalue weighted by Crippen LogP contribution is 2.24. The predicted octanol–water partition coefficient (Wildman–Crippen LogP) is 0.636. The van der Waals surface area contributed by atoms with Crippen molar-refractivity contribution in [3.05, 3.63) is 17.7 Å². The van der Waals surface area contributed by atoms with Crippen LogP contribution in [0.25, 0.3) is 0 Å². The van der Waals surface area contributed by atoms with Crippen molar-refractivity contribution in [2.24, 2.45) is 5.92 Å². The summed E-state index contributed by atoms with van der Waals surface area (Å²) >= 11 is 0. The average molecular weight is 281 g/mol. The van der Waals surface area contributed by atoms with E-state index in [9.17, 15) is 4.79 Å². The van der Waals surface area contributed by atoms with E-state index in [4.69, 9.17) is 9.47 Å². The lowest BCUT2D eigenvalue weighted by Gasteiger charge is -2.28. The number of imidazole rings is 1. The largest absolute Gasteiger partial charge is 0.383 e. The van der Waals surface area contributed by atoms with Crippen molar-refractivity contribution in [1.29, 1.82) is 0 Å². The molecule has 1 aliphatic carbocycles. The minimum atomic E-state index is 0.0386. The van der Waals surface area contributed by atoms with Crippen LogP contribution in [0.4, 0.5) is 0 Å². The summed E-state index contributed by atoms with van der Waals surface area (Å²) in [4.78, 5) is 21.9. The highest BCUT2D eigenvalue weighted by Gasteiger charge is 2.29. The Morgan fingerprint density at radius 2 is 2.10 bits per heavy atom. The van der Waals surface area contributed by atoms with Gasteiger partial charge in [0.25, 0.3) is 0 Å². The molecule has 1 N–H and O–H groups in total. The Morgan fingerprint density at radius 1 is 1.40 bits per heavy atom. The van der Waals surface area contributed by atoms with Crippen molar-refractivity contribution < 1.29 is 14.3 Å². The Kier molecular flexibility index (Phi) is 5.55. The second-order valence-electron chi connectivity index (χ2n) is 5.08. The Labute approximate surface area is 119 Å². The second kappa shape index (κ2) is 7.40. The van der Waals surface area contributed by atoms with E-state index in [0.29, 0.717) is 26.3 Å². The van der Waals surface area contributed by atoms with Crippen LogP contribution in [0.3, 0.4) is 0 Å². The minimum Gasteiger partial charge on any atom is -0.383 e. The zero-order valence-electron chi connectivity index (χ0n) is 12.2. The fourth-order valence-electron chi connectivity index (χ4n) is 2.61. The van der Waals surface area contributed by atoms with Crippen molar-refractivity contribution in [3.8, 4) is 0 Å². The maximum Gasteiger partial charge on any atom is 0.226 e. The zero-order valence-corrected chi connectivity index (χ0v) is 12.2. The summed E-state index contributed by atoms with van der Waals surface area (Å²) in [5, 5.41) is 0. The molecule has 1 aliphatic rings. The van der Waals surface area contributed by atoms with Crippen LogP contribution in [0.1, 0.15) is 17.8 Å². The summed E-state index contributed by atoms with van der Waals surface area (Å²) in [5.41, 5.74) is 2.21. The molecule has 20 heavy (non-hydrogen) atoms. The average Bonchev–Trinajstić information content (AvgIpc) is 2.94. The number of methoxy groups -OCH3 is 2. The first kappa shape index (κ1) is 15.0. The monoisotopic (exact) mass is 281 g/mol. The molecule has 1 aromatic heterocycles. The molecule has 0 unspecified atom stereocenters. The summed E-state index contributed by atoms with van der Waals surface area (Å²) in [6.07, 6.45) is 4.21. The molecule has 0 saturated heterocycles. The number of amides is 1. The number of carbonyl (C=O) groups excluding carboxylic acids is 1. The summed E-state index contributed by atoms with van der Waals surface area (Å²) in [7, 11) is 3.30. The first-order valence-electron chi connectivity index (χ1n) is 7.04. The molecule has 0 spiro atoms. The molecule has 0 radical (unpaired) electrons. The van der Waals surface area contributed by atoms with Gasteiger partial charge < -0.3 is 19.4 Å². The third-order valence-corrected chi connectivity index (χ3v) is 3.78. The number of nitrogens with zero attached hydrogens (tertiary/aromatic N) is 2. The van der Waals surface area contributed by atoms with E-state index in [2.05, 4.69) is 9.97 Å². The van der Waals surface area contributed by atoms with Gasteiger partial charge >= 0.3 is 0 Å². The first-order valence-corrected chi connectivity index (χ1v) is 7.04. The number of fused-ring (bicyclic) bond motifs is 1. The van der Waals surface area contributed by atoms with Crippen molar-refractivity contribution in [2.45, 2.75) is 19.3 Å². The van der Waals surface area contributed by atoms with Gasteiger partial charge in [0.15, 0.2) is 0 Å². The molecular weight excluding hydrogens is 258 g/mol. The number of aromatic amines is 1. The van der Waals surface area contributed by atoms with Gasteiger partial charge in [-0.3, -0.25) is 4.79 Å². The number of hydrogen-bond acceptors (Lipinski definition) is 4. The molecule has 0 saturated carbocycles. The quantitative estimate of drug-likeness (QED) is 0.796. The van der Waals surface area contributed by atoms with Crippen molar-refractivity contribution in [2.75, 3.05) is 40.5 Å². The first-order chi connectivity index (χ1) is 9.76. The van der Waals surface area contributed by atoms with Crippen LogP contribution in [-0.4, -0.2) is 61.3 Å². The van der Waals surface area contributed by atoms with E-state index >= 15 is 0 Å². The molecule has 1 amide bonds. The van der Waals surface area contributed by atoms with Crippen molar-refractivity contribution in [1.82, 2.24) is 14.9 Å². The fraction of sp³-hybridized carbons (Fsp3) is 0.714. The Hall–Kier alpha value is -1.40. The third kappa shape index (κ3) is 3.58. The van der Waals surface area contributed by atoms with Gasteiger partial charge in [-0.05, 0) is 12.8 Å². The molecule has 6 heteroatoms. The van der Waals surface area contributed by atoms with Crippen molar-refractivity contribution in [3.63, 3.8) is 0 Å². The van der Waals surface area contributed by atoms with Gasteiger partial charge in [0, 0.05) is 45.3 Å². The predicted molar refractivity (Wildman–Crippen MR) is 74.4 cm³/mol. The molecule has 1 heterocycles. The van der Waals surface area contributed by atoms with Gasteiger partial charge in [-0.1, -0.05) is 0 Å². The van der Waals surface area contributed by atoms with Gasteiger partial charge in [0.1, 0.15) is 0 Å². The van der Waals surface area contributed by atoms with E-state index < -0.39 is 0 Å². The van der Waals surface area contributed by atoms with Gasteiger partial charge in [-0.15, -0.1) is 0 Å². The number of H-pyrrole nitrogens is 1. The highest BCUT2D eigenvalue weighted by molar-refractivity contribution is 5.79. The Morgan fingerprint density at radius 3 is 2.75 bits per heavy atom. The lowest BCUT2D eigenvalue weighted by Crippen LogP contribution is -2.42. The lowest BCUT2D eigenvalue weighted by molar-refractivity contribution is -0.137. The number of aryl methyl sites for hydroxylation is 1. The smallest absolute Gasteiger partial charge is 0.226 e. The summed E-state index contributed by atoms with van der Waals surface area (Å²) < 4.78 is 10.2.